The maximum absolute atomic E-state index is 12.1. The van der Waals surface area contributed by atoms with Crippen LogP contribution in [0.1, 0.15) is 18.9 Å². The Bertz CT molecular complexity index is 307. The number of para-hydroxylation sites is 1. The molecular formula is C13H20FNO2. The molecule has 0 saturated heterocycles. The minimum Gasteiger partial charge on any atom is -0.490 e. The summed E-state index contributed by atoms with van der Waals surface area (Å²) >= 11 is 0. The third-order valence-electron chi connectivity index (χ3n) is 2.30. The van der Waals surface area contributed by atoms with Gasteiger partial charge >= 0.3 is 0 Å². The van der Waals surface area contributed by atoms with Gasteiger partial charge in [0.25, 0.3) is 0 Å². The van der Waals surface area contributed by atoms with Crippen LogP contribution in [0.15, 0.2) is 18.2 Å². The Morgan fingerprint density at radius 3 is 2.76 bits per heavy atom. The van der Waals surface area contributed by atoms with Gasteiger partial charge in [-0.3, -0.25) is 4.39 Å². The van der Waals surface area contributed by atoms with Gasteiger partial charge in [0.05, 0.1) is 19.9 Å². The largest absolute Gasteiger partial charge is 0.490 e. The van der Waals surface area contributed by atoms with Gasteiger partial charge < -0.3 is 15.2 Å². The van der Waals surface area contributed by atoms with Crippen molar-refractivity contribution in [2.24, 2.45) is 5.73 Å². The van der Waals surface area contributed by atoms with Crippen LogP contribution in [0.5, 0.6) is 11.5 Å². The maximum Gasteiger partial charge on any atom is 0.164 e. The number of alkyl halides is 1. The second-order valence-electron chi connectivity index (χ2n) is 3.61. The Morgan fingerprint density at radius 2 is 2.12 bits per heavy atom. The van der Waals surface area contributed by atoms with Crippen LogP contribution in [0, 0.1) is 0 Å². The van der Waals surface area contributed by atoms with Gasteiger partial charge in [-0.1, -0.05) is 12.1 Å². The summed E-state index contributed by atoms with van der Waals surface area (Å²) in [7, 11) is 0. The Hall–Kier alpha value is -1.29. The normalized spacial score (nSPS) is 10.3. The number of nitrogens with two attached hydrogens (primary N) is 1. The second-order valence-corrected chi connectivity index (χ2v) is 3.61. The van der Waals surface area contributed by atoms with Gasteiger partial charge in [-0.25, -0.2) is 0 Å². The van der Waals surface area contributed by atoms with E-state index in [4.69, 9.17) is 15.2 Å². The van der Waals surface area contributed by atoms with E-state index in [1.807, 2.05) is 25.1 Å². The molecule has 1 aromatic rings. The number of hydrogen-bond donors (Lipinski definition) is 1. The highest BCUT2D eigenvalue weighted by molar-refractivity contribution is 5.46. The summed E-state index contributed by atoms with van der Waals surface area (Å²) in [6.45, 7) is 3.03. The van der Waals surface area contributed by atoms with Gasteiger partial charge in [0.15, 0.2) is 11.5 Å². The van der Waals surface area contributed by atoms with E-state index >= 15 is 0 Å². The van der Waals surface area contributed by atoms with Crippen molar-refractivity contribution in [2.45, 2.75) is 19.8 Å². The van der Waals surface area contributed by atoms with Crippen LogP contribution in [0.25, 0.3) is 0 Å². The first-order valence-electron chi connectivity index (χ1n) is 5.97. The van der Waals surface area contributed by atoms with E-state index < -0.39 is 0 Å². The van der Waals surface area contributed by atoms with Crippen LogP contribution >= 0.6 is 0 Å². The van der Waals surface area contributed by atoms with E-state index in [1.54, 1.807) is 0 Å². The highest BCUT2D eigenvalue weighted by Crippen LogP contribution is 2.31. The summed E-state index contributed by atoms with van der Waals surface area (Å²) in [5.41, 5.74) is 6.56. The lowest BCUT2D eigenvalue weighted by Gasteiger charge is -2.15. The van der Waals surface area contributed by atoms with E-state index in [2.05, 4.69) is 0 Å². The van der Waals surface area contributed by atoms with Crippen LogP contribution in [0.4, 0.5) is 4.39 Å². The molecule has 0 spiro atoms. The first-order valence-corrected chi connectivity index (χ1v) is 5.97. The number of rotatable bonds is 8. The van der Waals surface area contributed by atoms with Crippen LogP contribution < -0.4 is 15.2 Å². The monoisotopic (exact) mass is 241 g/mol. The molecule has 0 saturated carbocycles. The fourth-order valence-corrected chi connectivity index (χ4v) is 1.58. The third-order valence-corrected chi connectivity index (χ3v) is 2.30. The Kier molecular flexibility index (Phi) is 6.40. The van der Waals surface area contributed by atoms with Crippen LogP contribution in [0.3, 0.4) is 0 Å². The zero-order valence-corrected chi connectivity index (χ0v) is 10.2. The molecular weight excluding hydrogens is 221 g/mol. The molecule has 0 aliphatic rings. The van der Waals surface area contributed by atoms with Gasteiger partial charge in [-0.05, 0) is 31.5 Å². The highest BCUT2D eigenvalue weighted by atomic mass is 19.1. The van der Waals surface area contributed by atoms with Crippen molar-refractivity contribution in [3.63, 3.8) is 0 Å². The van der Waals surface area contributed by atoms with Crippen LogP contribution in [-0.2, 0) is 6.42 Å². The molecule has 3 nitrogen and oxygen atoms in total. The van der Waals surface area contributed by atoms with Gasteiger partial charge in [0, 0.05) is 6.42 Å². The van der Waals surface area contributed by atoms with Crippen molar-refractivity contribution in [1.82, 2.24) is 0 Å². The predicted octanol–water partition coefficient (Wildman–Crippen LogP) is 2.32. The van der Waals surface area contributed by atoms with Crippen LogP contribution in [0.2, 0.25) is 0 Å². The van der Waals surface area contributed by atoms with Gasteiger partial charge in [0.2, 0.25) is 0 Å². The molecule has 0 unspecified atom stereocenters. The smallest absolute Gasteiger partial charge is 0.164 e. The van der Waals surface area contributed by atoms with Crippen molar-refractivity contribution < 1.29 is 13.9 Å². The van der Waals surface area contributed by atoms with E-state index in [9.17, 15) is 4.39 Å². The standard InChI is InChI=1S/C13H20FNO2/c1-2-16-12-6-3-5-11(7-9-15)13(12)17-10-4-8-14/h3,5-6H,2,4,7-10,15H2,1H3. The summed E-state index contributed by atoms with van der Waals surface area (Å²) in [6.07, 6.45) is 1.12. The molecule has 96 valence electrons. The molecule has 2 N–H and O–H groups in total. The lowest BCUT2D eigenvalue weighted by atomic mass is 10.1. The zero-order chi connectivity index (χ0) is 12.5. The van der Waals surface area contributed by atoms with Crippen molar-refractivity contribution >= 4 is 0 Å². The zero-order valence-electron chi connectivity index (χ0n) is 10.2. The minimum atomic E-state index is -0.372. The lowest BCUT2D eigenvalue weighted by molar-refractivity contribution is 0.260. The lowest BCUT2D eigenvalue weighted by Crippen LogP contribution is -2.08. The van der Waals surface area contributed by atoms with Gasteiger partial charge in [-0.2, -0.15) is 0 Å². The molecule has 1 aromatic carbocycles. The molecule has 4 heteroatoms. The Labute approximate surface area is 102 Å². The summed E-state index contributed by atoms with van der Waals surface area (Å²) in [5.74, 6) is 1.41. The predicted molar refractivity (Wildman–Crippen MR) is 66.5 cm³/mol. The molecule has 0 heterocycles. The van der Waals surface area contributed by atoms with Crippen molar-refractivity contribution in [3.8, 4) is 11.5 Å². The molecule has 0 aromatic heterocycles. The molecule has 0 atom stereocenters. The van der Waals surface area contributed by atoms with E-state index in [1.165, 1.54) is 0 Å². The second kappa shape index (κ2) is 7.90. The van der Waals surface area contributed by atoms with Gasteiger partial charge in [-0.15, -0.1) is 0 Å². The quantitative estimate of drug-likeness (QED) is 0.710. The molecule has 1 rings (SSSR count). The molecule has 0 radical (unpaired) electrons. The molecule has 0 aliphatic heterocycles. The Morgan fingerprint density at radius 1 is 1.29 bits per heavy atom. The first-order chi connectivity index (χ1) is 8.33. The molecule has 17 heavy (non-hydrogen) atoms. The average molecular weight is 241 g/mol. The van der Waals surface area contributed by atoms with E-state index in [-0.39, 0.29) is 6.67 Å². The van der Waals surface area contributed by atoms with E-state index in [0.29, 0.717) is 37.7 Å². The van der Waals surface area contributed by atoms with E-state index in [0.717, 1.165) is 12.0 Å². The number of benzene rings is 1. The molecule has 0 amide bonds. The topological polar surface area (TPSA) is 44.5 Å². The molecule has 0 bridgehead atoms. The summed E-state index contributed by atoms with van der Waals surface area (Å²) in [6, 6.07) is 5.73. The summed E-state index contributed by atoms with van der Waals surface area (Å²) < 4.78 is 23.2. The third kappa shape index (κ3) is 4.23. The highest BCUT2D eigenvalue weighted by Gasteiger charge is 2.10. The SMILES string of the molecule is CCOc1cccc(CCN)c1OCCCF. The van der Waals surface area contributed by atoms with Crippen molar-refractivity contribution in [3.05, 3.63) is 23.8 Å². The van der Waals surface area contributed by atoms with Crippen molar-refractivity contribution in [2.75, 3.05) is 26.4 Å². The molecule has 0 aliphatic carbocycles. The molecule has 0 fully saturated rings. The maximum atomic E-state index is 12.1. The fraction of sp³-hybridized carbons (Fsp3) is 0.538. The average Bonchev–Trinajstić information content (AvgIpc) is 2.33. The van der Waals surface area contributed by atoms with Gasteiger partial charge in [0.1, 0.15) is 0 Å². The number of hydrogen-bond acceptors (Lipinski definition) is 3. The minimum absolute atomic E-state index is 0.359. The van der Waals surface area contributed by atoms with Crippen molar-refractivity contribution in [1.29, 1.82) is 0 Å². The first kappa shape index (κ1) is 13.8. The van der Waals surface area contributed by atoms with Crippen LogP contribution in [-0.4, -0.2) is 26.4 Å². The Balaban J connectivity index is 2.83. The summed E-state index contributed by atoms with van der Waals surface area (Å²) in [4.78, 5) is 0. The fourth-order valence-electron chi connectivity index (χ4n) is 1.58. The summed E-state index contributed by atoms with van der Waals surface area (Å²) in [5, 5.41) is 0. The number of halogens is 1. The number of ether oxygens (including phenoxy) is 2.